The molecule has 18 heavy (non-hydrogen) atoms. The number of nitrogens with zero attached hydrogens (tertiary/aromatic N) is 1. The van der Waals surface area contributed by atoms with Gasteiger partial charge in [0.1, 0.15) is 5.82 Å². The molecule has 2 fully saturated rings. The normalized spacial score (nSPS) is 26.4. The summed E-state index contributed by atoms with van der Waals surface area (Å²) in [7, 11) is 0. The summed E-state index contributed by atoms with van der Waals surface area (Å²) < 4.78 is 0. The van der Waals surface area contributed by atoms with Crippen LogP contribution in [0.1, 0.15) is 42.5 Å². The van der Waals surface area contributed by atoms with Gasteiger partial charge in [-0.2, -0.15) is 0 Å². The molecule has 2 unspecified atom stereocenters. The number of aromatic nitrogens is 2. The molecule has 2 aromatic rings. The molecule has 1 aromatic heterocycles. The van der Waals surface area contributed by atoms with Crippen LogP contribution >= 0.6 is 0 Å². The van der Waals surface area contributed by atoms with Crippen molar-refractivity contribution in [1.29, 1.82) is 0 Å². The van der Waals surface area contributed by atoms with Crippen LogP contribution in [0, 0.1) is 5.92 Å². The molecule has 1 heterocycles. The molecular formula is C14H14N2O2. The average Bonchev–Trinajstić information content (AvgIpc) is 3.23. The molecule has 2 aliphatic rings. The quantitative estimate of drug-likeness (QED) is 0.869. The van der Waals surface area contributed by atoms with E-state index in [9.17, 15) is 4.79 Å². The minimum atomic E-state index is -0.677. The number of imidazole rings is 1. The SMILES string of the molecule is O=C(O)C1CC1c1ccc2nc(C3CC3)[nH]c2c1. The Morgan fingerprint density at radius 3 is 2.89 bits per heavy atom. The second-order valence-corrected chi connectivity index (χ2v) is 5.46. The zero-order valence-electron chi connectivity index (χ0n) is 9.89. The van der Waals surface area contributed by atoms with E-state index < -0.39 is 5.97 Å². The molecule has 0 spiro atoms. The van der Waals surface area contributed by atoms with Crippen molar-refractivity contribution < 1.29 is 9.90 Å². The van der Waals surface area contributed by atoms with Crippen LogP contribution < -0.4 is 0 Å². The highest BCUT2D eigenvalue weighted by molar-refractivity contribution is 5.79. The number of H-pyrrole nitrogens is 1. The van der Waals surface area contributed by atoms with Crippen molar-refractivity contribution in [3.8, 4) is 0 Å². The van der Waals surface area contributed by atoms with Gasteiger partial charge >= 0.3 is 5.97 Å². The fourth-order valence-electron chi connectivity index (χ4n) is 2.66. The Morgan fingerprint density at radius 1 is 1.39 bits per heavy atom. The first-order chi connectivity index (χ1) is 8.72. The van der Waals surface area contributed by atoms with Crippen LogP contribution in [-0.4, -0.2) is 21.0 Å². The zero-order chi connectivity index (χ0) is 12.3. The molecule has 92 valence electrons. The third kappa shape index (κ3) is 1.52. The highest BCUT2D eigenvalue weighted by Gasteiger charge is 2.44. The van der Waals surface area contributed by atoms with Gasteiger partial charge in [0.25, 0.3) is 0 Å². The topological polar surface area (TPSA) is 66.0 Å². The number of nitrogens with one attached hydrogen (secondary N) is 1. The third-order valence-corrected chi connectivity index (χ3v) is 4.02. The van der Waals surface area contributed by atoms with E-state index in [0.717, 1.165) is 28.8 Å². The van der Waals surface area contributed by atoms with E-state index in [1.165, 1.54) is 12.8 Å². The molecule has 2 aliphatic carbocycles. The lowest BCUT2D eigenvalue weighted by atomic mass is 10.1. The van der Waals surface area contributed by atoms with Gasteiger partial charge in [-0.15, -0.1) is 0 Å². The molecule has 0 bridgehead atoms. The van der Waals surface area contributed by atoms with Crippen molar-refractivity contribution in [2.75, 3.05) is 0 Å². The fourth-order valence-corrected chi connectivity index (χ4v) is 2.66. The van der Waals surface area contributed by atoms with Crippen molar-refractivity contribution in [3.63, 3.8) is 0 Å². The van der Waals surface area contributed by atoms with Crippen molar-refractivity contribution in [3.05, 3.63) is 29.6 Å². The Bertz CT molecular complexity index is 642. The number of benzene rings is 1. The largest absolute Gasteiger partial charge is 0.481 e. The van der Waals surface area contributed by atoms with E-state index in [-0.39, 0.29) is 11.8 Å². The lowest BCUT2D eigenvalue weighted by Gasteiger charge is -1.98. The summed E-state index contributed by atoms with van der Waals surface area (Å²) in [6.07, 6.45) is 3.23. The van der Waals surface area contributed by atoms with Gasteiger partial charge in [0.15, 0.2) is 0 Å². The predicted octanol–water partition coefficient (Wildman–Crippen LogP) is 2.63. The molecule has 2 N–H and O–H groups in total. The maximum atomic E-state index is 10.9. The van der Waals surface area contributed by atoms with Crippen molar-refractivity contribution in [2.24, 2.45) is 5.92 Å². The molecule has 0 amide bonds. The molecular weight excluding hydrogens is 228 g/mol. The molecule has 0 aliphatic heterocycles. The predicted molar refractivity (Wildman–Crippen MR) is 66.6 cm³/mol. The summed E-state index contributed by atoms with van der Waals surface area (Å²) in [5.41, 5.74) is 3.17. The van der Waals surface area contributed by atoms with Gasteiger partial charge in [-0.3, -0.25) is 4.79 Å². The highest BCUT2D eigenvalue weighted by Crippen LogP contribution is 2.48. The summed E-state index contributed by atoms with van der Waals surface area (Å²) in [5.74, 6) is 1.04. The van der Waals surface area contributed by atoms with Crippen molar-refractivity contribution in [1.82, 2.24) is 9.97 Å². The molecule has 0 radical (unpaired) electrons. The third-order valence-electron chi connectivity index (χ3n) is 4.02. The van der Waals surface area contributed by atoms with E-state index in [1.54, 1.807) is 0 Å². The number of aromatic amines is 1. The number of rotatable bonds is 3. The van der Waals surface area contributed by atoms with E-state index >= 15 is 0 Å². The van der Waals surface area contributed by atoms with Gasteiger partial charge < -0.3 is 10.1 Å². The van der Waals surface area contributed by atoms with E-state index in [0.29, 0.717) is 5.92 Å². The van der Waals surface area contributed by atoms with Gasteiger partial charge in [0.2, 0.25) is 0 Å². The second kappa shape index (κ2) is 3.34. The smallest absolute Gasteiger partial charge is 0.307 e. The number of fused-ring (bicyclic) bond motifs is 1. The first-order valence-electron chi connectivity index (χ1n) is 6.45. The fraction of sp³-hybridized carbons (Fsp3) is 0.429. The summed E-state index contributed by atoms with van der Waals surface area (Å²) in [4.78, 5) is 18.8. The molecule has 1 aromatic carbocycles. The molecule has 4 rings (SSSR count). The second-order valence-electron chi connectivity index (χ2n) is 5.46. The zero-order valence-corrected chi connectivity index (χ0v) is 9.89. The van der Waals surface area contributed by atoms with Crippen LogP contribution in [0.5, 0.6) is 0 Å². The van der Waals surface area contributed by atoms with Gasteiger partial charge in [0.05, 0.1) is 17.0 Å². The van der Waals surface area contributed by atoms with E-state index in [1.807, 2.05) is 12.1 Å². The number of aliphatic carboxylic acids is 1. The summed E-state index contributed by atoms with van der Waals surface area (Å²) in [5, 5.41) is 8.96. The van der Waals surface area contributed by atoms with Crippen molar-refractivity contribution in [2.45, 2.75) is 31.1 Å². The van der Waals surface area contributed by atoms with Gasteiger partial charge in [-0.25, -0.2) is 4.98 Å². The monoisotopic (exact) mass is 242 g/mol. The maximum absolute atomic E-state index is 10.9. The van der Waals surface area contributed by atoms with E-state index in [2.05, 4.69) is 16.0 Å². The average molecular weight is 242 g/mol. The van der Waals surface area contributed by atoms with Crippen LogP contribution in [-0.2, 0) is 4.79 Å². The Labute approximate surface area is 104 Å². The number of carboxylic acid groups (broad SMARTS) is 1. The van der Waals surface area contributed by atoms with Crippen LogP contribution in [0.2, 0.25) is 0 Å². The Hall–Kier alpha value is -1.84. The first-order valence-corrected chi connectivity index (χ1v) is 6.45. The van der Waals surface area contributed by atoms with Gasteiger partial charge in [0, 0.05) is 5.92 Å². The maximum Gasteiger partial charge on any atom is 0.307 e. The molecule has 4 heteroatoms. The lowest BCUT2D eigenvalue weighted by molar-refractivity contribution is -0.138. The van der Waals surface area contributed by atoms with E-state index in [4.69, 9.17) is 5.11 Å². The van der Waals surface area contributed by atoms with Crippen LogP contribution in [0.25, 0.3) is 11.0 Å². The van der Waals surface area contributed by atoms with Crippen LogP contribution in [0.15, 0.2) is 18.2 Å². The minimum Gasteiger partial charge on any atom is -0.481 e. The van der Waals surface area contributed by atoms with Crippen LogP contribution in [0.4, 0.5) is 0 Å². The summed E-state index contributed by atoms with van der Waals surface area (Å²) in [6.45, 7) is 0. The Balaban J connectivity index is 1.69. The Morgan fingerprint density at radius 2 is 2.22 bits per heavy atom. The van der Waals surface area contributed by atoms with Gasteiger partial charge in [-0.1, -0.05) is 6.07 Å². The summed E-state index contributed by atoms with van der Waals surface area (Å²) in [6, 6.07) is 6.10. The van der Waals surface area contributed by atoms with Crippen LogP contribution in [0.3, 0.4) is 0 Å². The molecule has 4 nitrogen and oxygen atoms in total. The minimum absolute atomic E-state index is 0.187. The number of hydrogen-bond acceptors (Lipinski definition) is 2. The number of carbonyl (C=O) groups is 1. The summed E-state index contributed by atoms with van der Waals surface area (Å²) >= 11 is 0. The number of carboxylic acids is 1. The van der Waals surface area contributed by atoms with Gasteiger partial charge in [-0.05, 0) is 42.9 Å². The molecule has 2 atom stereocenters. The molecule has 2 saturated carbocycles. The standard InChI is InChI=1S/C14H14N2O2/c17-14(18)10-6-9(10)8-3-4-11-12(5-8)16-13(15-11)7-1-2-7/h3-5,7,9-10H,1-2,6H2,(H,15,16)(H,17,18). The highest BCUT2D eigenvalue weighted by atomic mass is 16.4. The number of hydrogen-bond donors (Lipinski definition) is 2. The Kier molecular flexibility index (Phi) is 1.88. The van der Waals surface area contributed by atoms with Crippen molar-refractivity contribution >= 4 is 17.0 Å². The first kappa shape index (κ1) is 10.1. The lowest BCUT2D eigenvalue weighted by Crippen LogP contribution is -1.98. The molecule has 0 saturated heterocycles.